The molecule has 1 fully saturated rings. The number of aliphatic hydroxyl groups excluding tert-OH is 2. The van der Waals surface area contributed by atoms with Crippen molar-refractivity contribution in [1.82, 2.24) is 20.2 Å². The molecule has 10 unspecified atom stereocenters. The molecule has 5 rings (SSSR count). The molecule has 10 atom stereocenters. The Morgan fingerprint density at radius 1 is 1.00 bits per heavy atom. The standard InChI is InChI=1S/C19H26N8O13P2S2.Mo.3H2O/c20-7-1-2-27(19(31)22-7)17-11(29)10(28)5(39-17)3-36-41(32,33)40-42(34,35)37-4-6-12(43)13(44)8-16(38-6)24-14-9(23-8)15(30)26-18(21)25-14;;;;/h1-2,5-6,8-11,16-17,23,28-29,43-44H,3-4H2,(H,32,33)(H,34,35)(H2,20,22,31)(H3,21,24,25,26,30);;3*1H2/q;+2;;;/p-2. The van der Waals surface area contributed by atoms with Gasteiger partial charge in [-0.05, 0) is 6.07 Å². The number of nitrogens with one attached hydrogen (secondary N) is 2. The van der Waals surface area contributed by atoms with Gasteiger partial charge in [-0.1, -0.05) is 0 Å². The average Bonchev–Trinajstić information content (AvgIpc) is 3.20. The number of guanidine groups is 1. The summed E-state index contributed by atoms with van der Waals surface area (Å²) in [5.74, 6) is -0.815. The van der Waals surface area contributed by atoms with Crippen molar-refractivity contribution in [3.8, 4) is 0 Å². The number of fused-ring (bicyclic) bond motifs is 2. The molecule has 0 radical (unpaired) electrons. The van der Waals surface area contributed by atoms with Gasteiger partial charge in [0, 0.05) is 6.20 Å². The molecule has 4 aliphatic heterocycles. The van der Waals surface area contributed by atoms with Crippen LogP contribution < -0.4 is 27.8 Å². The Hall–Kier alpha value is -1.90. The van der Waals surface area contributed by atoms with Crippen LogP contribution in [0.3, 0.4) is 0 Å². The van der Waals surface area contributed by atoms with E-state index in [4.69, 9.17) is 50.7 Å². The van der Waals surface area contributed by atoms with Gasteiger partial charge < -0.3 is 82.6 Å². The van der Waals surface area contributed by atoms with Gasteiger partial charge in [0.2, 0.25) is 5.96 Å². The summed E-state index contributed by atoms with van der Waals surface area (Å²) >= 11 is 10.6. The fourth-order valence-corrected chi connectivity index (χ4v) is 7.09. The van der Waals surface area contributed by atoms with Crippen molar-refractivity contribution in [2.45, 2.75) is 49.0 Å². The van der Waals surface area contributed by atoms with E-state index in [0.717, 1.165) is 10.8 Å². The zero-order chi connectivity index (χ0) is 32.1. The first-order valence-corrected chi connectivity index (χ1v) is 16.1. The molecule has 1 amide bonds. The van der Waals surface area contributed by atoms with Gasteiger partial charge in [-0.25, -0.2) is 18.9 Å². The maximum atomic E-state index is 12.5. The first-order chi connectivity index (χ1) is 20.5. The number of carbonyl (C=O) groups is 1. The number of anilines is 1. The second-order valence-electron chi connectivity index (χ2n) is 9.49. The van der Waals surface area contributed by atoms with Gasteiger partial charge >= 0.3 is 42.4 Å². The topological polar surface area (TPSA) is 408 Å². The fraction of sp³-hybridized carbons (Fsp3) is 0.526. The van der Waals surface area contributed by atoms with Crippen LogP contribution in [0, 0.1) is 0 Å². The third-order valence-corrected chi connectivity index (χ3v) is 10.2. The van der Waals surface area contributed by atoms with Crippen molar-refractivity contribution in [2.24, 2.45) is 15.7 Å². The van der Waals surface area contributed by atoms with E-state index in [-0.39, 0.29) is 64.9 Å². The number of aliphatic imine (C=N–C) groups is 2. The number of rotatable bonds is 9. The van der Waals surface area contributed by atoms with Crippen LogP contribution in [0.1, 0.15) is 6.23 Å². The fourth-order valence-electron chi connectivity index (χ4n) is 4.45. The van der Waals surface area contributed by atoms with Gasteiger partial charge in [-0.2, -0.15) is 24.1 Å². The molecule has 24 nitrogen and oxygen atoms in total. The Morgan fingerprint density at radius 3 is 2.25 bits per heavy atom. The molecule has 16 N–H and O–H groups in total. The molecule has 1 aromatic heterocycles. The number of phosphoric ester groups is 2. The van der Waals surface area contributed by atoms with E-state index >= 15 is 0 Å². The van der Waals surface area contributed by atoms with Gasteiger partial charge in [0.1, 0.15) is 30.2 Å². The maximum absolute atomic E-state index is 12.5. The smallest absolute Gasteiger partial charge is 0.784 e. The molecule has 270 valence electrons. The number of aliphatic hydroxyl groups is 2. The van der Waals surface area contributed by atoms with E-state index in [9.17, 15) is 38.7 Å². The summed E-state index contributed by atoms with van der Waals surface area (Å²) in [4.78, 5) is 56.1. The monoisotopic (exact) mass is 850 g/mol. The van der Waals surface area contributed by atoms with Crippen molar-refractivity contribution in [2.75, 3.05) is 18.9 Å². The molecule has 5 heterocycles. The molecule has 0 saturated carbocycles. The SMILES string of the molecule is NC1=NC2=NC3OC(COP(=O)(O)OP(=O)(O)OCC4OC(n5ccc(N)nc5=O)C(O)C4O)C([S-])=C([S-])C3NC2C(=O)N1.O.O.O.[Mo+2]. The number of ether oxygens (including phenoxy) is 2. The number of hydrogen-bond acceptors (Lipinski definition) is 19. The van der Waals surface area contributed by atoms with Crippen LogP contribution in [0.4, 0.5) is 5.82 Å². The van der Waals surface area contributed by atoms with Crippen molar-refractivity contribution >= 4 is 64.4 Å². The van der Waals surface area contributed by atoms with Gasteiger partial charge in [0.15, 0.2) is 18.3 Å². The number of amidine groups is 1. The molecule has 0 spiro atoms. The summed E-state index contributed by atoms with van der Waals surface area (Å²) in [6, 6.07) is -0.574. The molecule has 1 aromatic rings. The molecular formula is C19H30MoN8O16P2S2. The van der Waals surface area contributed by atoms with Crippen LogP contribution in [0.2, 0.25) is 0 Å². The summed E-state index contributed by atoms with van der Waals surface area (Å²) in [5.41, 5.74) is 10.1. The predicted molar refractivity (Wildman–Crippen MR) is 161 cm³/mol. The molecule has 48 heavy (non-hydrogen) atoms. The minimum Gasteiger partial charge on any atom is -0.784 e. The zero-order valence-corrected chi connectivity index (χ0v) is 29.1. The number of hydrogen-bond donors (Lipinski definition) is 8. The number of nitrogens with two attached hydrogens (primary N) is 2. The predicted octanol–water partition coefficient (Wildman–Crippen LogP) is -6.57. The molecule has 0 aromatic carbocycles. The molecular weight excluding hydrogens is 818 g/mol. The summed E-state index contributed by atoms with van der Waals surface area (Å²) in [6.07, 6.45) is -7.57. The minimum absolute atomic E-state index is 0. The Kier molecular flexibility index (Phi) is 15.5. The quantitative estimate of drug-likeness (QED) is 0.0650. The molecule has 0 aliphatic carbocycles. The number of carbonyl (C=O) groups excluding carboxylic acids is 1. The zero-order valence-electron chi connectivity index (χ0n) is 23.7. The third-order valence-electron chi connectivity index (χ3n) is 6.48. The van der Waals surface area contributed by atoms with Gasteiger partial charge in [-0.15, -0.1) is 0 Å². The number of nitrogens with zero attached hydrogens (tertiary/aromatic N) is 4. The summed E-state index contributed by atoms with van der Waals surface area (Å²) in [5, 5.41) is 25.8. The van der Waals surface area contributed by atoms with Gasteiger partial charge in [0.05, 0.1) is 25.4 Å². The first-order valence-electron chi connectivity index (χ1n) is 12.3. The summed E-state index contributed by atoms with van der Waals surface area (Å²) in [6.45, 7) is -1.73. The molecule has 0 bridgehead atoms. The number of amides is 1. The Bertz CT molecular complexity index is 1600. The van der Waals surface area contributed by atoms with Crippen LogP contribution in [0.25, 0.3) is 0 Å². The first kappa shape index (κ1) is 44.1. The Balaban J connectivity index is 0.00000288. The van der Waals surface area contributed by atoms with E-state index in [2.05, 4.69) is 34.4 Å². The summed E-state index contributed by atoms with van der Waals surface area (Å²) < 4.78 is 50.6. The van der Waals surface area contributed by atoms with Crippen molar-refractivity contribution in [3.63, 3.8) is 0 Å². The number of aromatic nitrogens is 2. The maximum Gasteiger partial charge on any atom is 2.00 e. The molecule has 29 heteroatoms. The Morgan fingerprint density at radius 2 is 1.62 bits per heavy atom. The van der Waals surface area contributed by atoms with Crippen LogP contribution in [-0.2, 0) is 83.1 Å². The van der Waals surface area contributed by atoms with Crippen LogP contribution in [0.5, 0.6) is 0 Å². The van der Waals surface area contributed by atoms with Crippen LogP contribution >= 0.6 is 15.6 Å². The van der Waals surface area contributed by atoms with Crippen molar-refractivity contribution < 1.29 is 94.3 Å². The van der Waals surface area contributed by atoms with Crippen molar-refractivity contribution in [3.05, 3.63) is 32.6 Å². The van der Waals surface area contributed by atoms with E-state index in [1.807, 2.05) is 0 Å². The van der Waals surface area contributed by atoms with Gasteiger partial charge in [-0.3, -0.25) is 29.0 Å². The van der Waals surface area contributed by atoms with E-state index in [0.29, 0.717) is 0 Å². The average molecular weight is 849 g/mol. The number of nitrogen functional groups attached to an aromatic ring is 1. The molecule has 4 aliphatic rings. The van der Waals surface area contributed by atoms with E-state index in [1.165, 1.54) is 6.07 Å². The largest absolute Gasteiger partial charge is 2.00 e. The van der Waals surface area contributed by atoms with E-state index in [1.54, 1.807) is 0 Å². The normalized spacial score (nSPS) is 31.7. The molecule has 1 saturated heterocycles. The van der Waals surface area contributed by atoms with E-state index < -0.39 is 89.4 Å². The van der Waals surface area contributed by atoms with Gasteiger partial charge in [0.25, 0.3) is 5.91 Å². The number of phosphoric acid groups is 2. The Labute approximate surface area is 294 Å². The van der Waals surface area contributed by atoms with Crippen LogP contribution in [-0.4, -0.2) is 120 Å². The second-order valence-corrected chi connectivity index (χ2v) is 13.4. The van der Waals surface area contributed by atoms with Crippen LogP contribution in [0.15, 0.2) is 36.9 Å². The summed E-state index contributed by atoms with van der Waals surface area (Å²) in [7, 11) is -10.7. The second kappa shape index (κ2) is 16.9. The van der Waals surface area contributed by atoms with Crippen molar-refractivity contribution in [1.29, 1.82) is 0 Å². The minimum atomic E-state index is -5.37. The third kappa shape index (κ3) is 9.45.